The molecule has 0 bridgehead atoms. The molecule has 0 atom stereocenters. The van der Waals surface area contributed by atoms with Crippen molar-refractivity contribution in [1.82, 2.24) is 10.2 Å². The average molecular weight is 268 g/mol. The maximum atomic E-state index is 5.56. The van der Waals surface area contributed by atoms with Gasteiger partial charge in [0.15, 0.2) is 0 Å². The number of ether oxygens (including phenoxy) is 1. The molecule has 0 aliphatic carbocycles. The SMILES string of the molecule is CCCC1CCN(CC2(CNC)CCOCC2)CC1. The summed E-state index contributed by atoms with van der Waals surface area (Å²) >= 11 is 0. The third-order valence-electron chi connectivity index (χ3n) is 5.07. The van der Waals surface area contributed by atoms with Gasteiger partial charge in [-0.3, -0.25) is 0 Å². The van der Waals surface area contributed by atoms with Gasteiger partial charge in [-0.1, -0.05) is 19.8 Å². The predicted octanol–water partition coefficient (Wildman–Crippen LogP) is 2.51. The Morgan fingerprint density at radius 1 is 1.21 bits per heavy atom. The van der Waals surface area contributed by atoms with Gasteiger partial charge >= 0.3 is 0 Å². The highest BCUT2D eigenvalue weighted by Crippen LogP contribution is 2.32. The van der Waals surface area contributed by atoms with Crippen molar-refractivity contribution in [3.8, 4) is 0 Å². The van der Waals surface area contributed by atoms with Crippen LogP contribution in [0.25, 0.3) is 0 Å². The summed E-state index contributed by atoms with van der Waals surface area (Å²) in [4.78, 5) is 2.72. The van der Waals surface area contributed by atoms with Crippen molar-refractivity contribution in [1.29, 1.82) is 0 Å². The van der Waals surface area contributed by atoms with Gasteiger partial charge in [0.25, 0.3) is 0 Å². The van der Waals surface area contributed by atoms with Crippen LogP contribution in [0.4, 0.5) is 0 Å². The molecule has 112 valence electrons. The van der Waals surface area contributed by atoms with Crippen LogP contribution in [0.15, 0.2) is 0 Å². The molecule has 2 fully saturated rings. The van der Waals surface area contributed by atoms with Crippen molar-refractivity contribution in [3.63, 3.8) is 0 Å². The van der Waals surface area contributed by atoms with Gasteiger partial charge in [0.2, 0.25) is 0 Å². The minimum Gasteiger partial charge on any atom is -0.381 e. The maximum Gasteiger partial charge on any atom is 0.0472 e. The van der Waals surface area contributed by atoms with Crippen LogP contribution >= 0.6 is 0 Å². The van der Waals surface area contributed by atoms with E-state index in [0.717, 1.165) is 25.7 Å². The smallest absolute Gasteiger partial charge is 0.0472 e. The zero-order valence-electron chi connectivity index (χ0n) is 12.9. The summed E-state index contributed by atoms with van der Waals surface area (Å²) in [5.74, 6) is 0.996. The van der Waals surface area contributed by atoms with Crippen molar-refractivity contribution >= 4 is 0 Å². The summed E-state index contributed by atoms with van der Waals surface area (Å²) in [7, 11) is 2.09. The lowest BCUT2D eigenvalue weighted by atomic mass is 9.79. The third-order valence-corrected chi connectivity index (χ3v) is 5.07. The lowest BCUT2D eigenvalue weighted by Gasteiger charge is -2.43. The molecule has 2 heterocycles. The van der Waals surface area contributed by atoms with Gasteiger partial charge in [-0.15, -0.1) is 0 Å². The molecule has 2 aliphatic heterocycles. The standard InChI is InChI=1S/C16H32N2O/c1-3-4-15-5-9-18(10-6-15)14-16(13-17-2)7-11-19-12-8-16/h15,17H,3-14H2,1-2H3. The molecule has 2 saturated heterocycles. The zero-order chi connectivity index (χ0) is 13.6. The molecule has 2 rings (SSSR count). The number of nitrogens with zero attached hydrogens (tertiary/aromatic N) is 1. The lowest BCUT2D eigenvalue weighted by Crippen LogP contribution is -2.48. The van der Waals surface area contributed by atoms with E-state index in [0.29, 0.717) is 5.41 Å². The molecule has 0 radical (unpaired) electrons. The fourth-order valence-corrected chi connectivity index (χ4v) is 3.89. The van der Waals surface area contributed by atoms with Gasteiger partial charge in [-0.2, -0.15) is 0 Å². The van der Waals surface area contributed by atoms with E-state index in [-0.39, 0.29) is 0 Å². The Labute approximate surface area is 119 Å². The number of likely N-dealkylation sites (tertiary alicyclic amines) is 1. The zero-order valence-corrected chi connectivity index (χ0v) is 12.9. The summed E-state index contributed by atoms with van der Waals surface area (Å²) < 4.78 is 5.56. The van der Waals surface area contributed by atoms with E-state index >= 15 is 0 Å². The molecule has 0 aromatic carbocycles. The largest absolute Gasteiger partial charge is 0.381 e. The van der Waals surface area contributed by atoms with Gasteiger partial charge in [-0.05, 0) is 57.2 Å². The van der Waals surface area contributed by atoms with Crippen molar-refractivity contribution in [2.45, 2.75) is 45.4 Å². The van der Waals surface area contributed by atoms with Crippen LogP contribution < -0.4 is 5.32 Å². The second-order valence-corrected chi connectivity index (χ2v) is 6.65. The molecule has 2 aliphatic rings. The predicted molar refractivity (Wildman–Crippen MR) is 80.5 cm³/mol. The number of nitrogens with one attached hydrogen (secondary N) is 1. The highest BCUT2D eigenvalue weighted by molar-refractivity contribution is 4.88. The topological polar surface area (TPSA) is 24.5 Å². The van der Waals surface area contributed by atoms with Crippen LogP contribution in [0.1, 0.15) is 45.4 Å². The highest BCUT2D eigenvalue weighted by Gasteiger charge is 2.34. The molecule has 3 nitrogen and oxygen atoms in total. The maximum absolute atomic E-state index is 5.56. The Bertz CT molecular complexity index is 238. The Morgan fingerprint density at radius 2 is 1.89 bits per heavy atom. The van der Waals surface area contributed by atoms with Crippen LogP contribution in [0, 0.1) is 11.3 Å². The van der Waals surface area contributed by atoms with E-state index in [9.17, 15) is 0 Å². The molecule has 0 spiro atoms. The quantitative estimate of drug-likeness (QED) is 0.801. The normalized spacial score (nSPS) is 25.6. The van der Waals surface area contributed by atoms with Gasteiger partial charge in [-0.25, -0.2) is 0 Å². The van der Waals surface area contributed by atoms with E-state index in [2.05, 4.69) is 24.2 Å². The molecule has 0 aromatic rings. The van der Waals surface area contributed by atoms with Crippen molar-refractivity contribution in [3.05, 3.63) is 0 Å². The lowest BCUT2D eigenvalue weighted by molar-refractivity contribution is -0.00898. The molecular weight excluding hydrogens is 236 g/mol. The molecule has 0 saturated carbocycles. The first-order valence-electron chi connectivity index (χ1n) is 8.23. The minimum atomic E-state index is 0.463. The number of rotatable bonds is 6. The van der Waals surface area contributed by atoms with E-state index in [4.69, 9.17) is 4.74 Å². The van der Waals surface area contributed by atoms with Gasteiger partial charge in [0, 0.05) is 26.3 Å². The van der Waals surface area contributed by atoms with Crippen LogP contribution in [0.5, 0.6) is 0 Å². The Hall–Kier alpha value is -0.120. The summed E-state index contributed by atoms with van der Waals surface area (Å²) in [6, 6.07) is 0. The first-order chi connectivity index (χ1) is 9.28. The minimum absolute atomic E-state index is 0.463. The first kappa shape index (κ1) is 15.3. The van der Waals surface area contributed by atoms with E-state index in [1.807, 2.05) is 0 Å². The van der Waals surface area contributed by atoms with Gasteiger partial charge in [0.1, 0.15) is 0 Å². The van der Waals surface area contributed by atoms with E-state index < -0.39 is 0 Å². The fraction of sp³-hybridized carbons (Fsp3) is 1.00. The Balaban J connectivity index is 1.81. The van der Waals surface area contributed by atoms with Crippen molar-refractivity contribution in [2.75, 3.05) is 46.4 Å². The molecule has 0 aromatic heterocycles. The average Bonchev–Trinajstić information content (AvgIpc) is 2.43. The van der Waals surface area contributed by atoms with Crippen molar-refractivity contribution < 1.29 is 4.74 Å². The van der Waals surface area contributed by atoms with Crippen LogP contribution in [0.3, 0.4) is 0 Å². The summed E-state index contributed by atoms with van der Waals surface area (Å²) in [5, 5.41) is 3.41. The van der Waals surface area contributed by atoms with Crippen LogP contribution in [-0.4, -0.2) is 51.3 Å². The van der Waals surface area contributed by atoms with Crippen LogP contribution in [-0.2, 0) is 4.74 Å². The Morgan fingerprint density at radius 3 is 2.47 bits per heavy atom. The third kappa shape index (κ3) is 4.44. The summed E-state index contributed by atoms with van der Waals surface area (Å²) in [6.07, 6.45) is 8.07. The molecular formula is C16H32N2O. The first-order valence-corrected chi connectivity index (χ1v) is 8.23. The second kappa shape index (κ2) is 7.61. The number of hydrogen-bond donors (Lipinski definition) is 1. The van der Waals surface area contributed by atoms with Gasteiger partial charge in [0.05, 0.1) is 0 Å². The van der Waals surface area contributed by atoms with E-state index in [1.165, 1.54) is 58.2 Å². The summed E-state index contributed by atoms with van der Waals surface area (Å²) in [5.41, 5.74) is 0.463. The van der Waals surface area contributed by atoms with E-state index in [1.54, 1.807) is 0 Å². The molecule has 1 N–H and O–H groups in total. The molecule has 0 amide bonds. The Kier molecular flexibility index (Phi) is 6.11. The fourth-order valence-electron chi connectivity index (χ4n) is 3.89. The highest BCUT2D eigenvalue weighted by atomic mass is 16.5. The van der Waals surface area contributed by atoms with Crippen LogP contribution in [0.2, 0.25) is 0 Å². The number of hydrogen-bond acceptors (Lipinski definition) is 3. The monoisotopic (exact) mass is 268 g/mol. The number of piperidine rings is 1. The molecule has 3 heteroatoms. The van der Waals surface area contributed by atoms with Crippen molar-refractivity contribution in [2.24, 2.45) is 11.3 Å². The molecule has 0 unspecified atom stereocenters. The molecule has 19 heavy (non-hydrogen) atoms. The second-order valence-electron chi connectivity index (χ2n) is 6.65. The van der Waals surface area contributed by atoms with Gasteiger partial charge < -0.3 is 15.0 Å². The summed E-state index contributed by atoms with van der Waals surface area (Å²) in [6.45, 7) is 9.27.